The number of Topliss-reactive ketones (excluding diaryl/α,β-unsaturated/α-hetero) is 1. The fraction of sp³-hybridized carbons (Fsp3) is 0.143. The van der Waals surface area contributed by atoms with Crippen LogP contribution in [-0.4, -0.2) is 37.9 Å². The van der Waals surface area contributed by atoms with Gasteiger partial charge in [-0.25, -0.2) is 4.98 Å². The Bertz CT molecular complexity index is 1270. The molecule has 0 atom stereocenters. The number of nitrogens with one attached hydrogen (secondary N) is 1. The molecule has 0 radical (unpaired) electrons. The van der Waals surface area contributed by atoms with E-state index in [2.05, 4.69) is 15.2 Å². The number of halogens is 1. The molecule has 2 aromatic heterocycles. The second-order valence-corrected chi connectivity index (χ2v) is 7.67. The molecule has 0 unspecified atom stereocenters. The van der Waals surface area contributed by atoms with Gasteiger partial charge in [0.1, 0.15) is 11.1 Å². The van der Waals surface area contributed by atoms with Gasteiger partial charge in [0.15, 0.2) is 16.6 Å². The van der Waals surface area contributed by atoms with Gasteiger partial charge in [0.25, 0.3) is 5.56 Å². The number of aromatic nitrogens is 4. The summed E-state index contributed by atoms with van der Waals surface area (Å²) in [5.74, 6) is 0.558. The topological polar surface area (TPSA) is 89.9 Å². The smallest absolute Gasteiger partial charge is 0.270 e. The molecule has 0 saturated carbocycles. The van der Waals surface area contributed by atoms with Crippen LogP contribution in [0.5, 0.6) is 5.75 Å². The fourth-order valence-corrected chi connectivity index (χ4v) is 3.97. The molecule has 9 heteroatoms. The Hall–Kier alpha value is -3.10. The molecular weight excluding hydrogens is 424 g/mol. The van der Waals surface area contributed by atoms with E-state index in [1.807, 2.05) is 19.1 Å². The van der Waals surface area contributed by atoms with E-state index in [9.17, 15) is 9.59 Å². The average Bonchev–Trinajstić information content (AvgIpc) is 3.23. The summed E-state index contributed by atoms with van der Waals surface area (Å²) in [5, 5.41) is 7.94. The first-order valence-electron chi connectivity index (χ1n) is 9.18. The van der Waals surface area contributed by atoms with Crippen LogP contribution in [0.1, 0.15) is 17.3 Å². The molecule has 0 amide bonds. The van der Waals surface area contributed by atoms with E-state index in [1.54, 1.807) is 36.4 Å². The minimum atomic E-state index is -0.289. The lowest BCUT2D eigenvalue weighted by Crippen LogP contribution is -2.22. The Morgan fingerprint density at radius 2 is 1.97 bits per heavy atom. The van der Waals surface area contributed by atoms with Gasteiger partial charge < -0.3 is 4.74 Å². The third-order valence-electron chi connectivity index (χ3n) is 4.36. The Labute approximate surface area is 181 Å². The van der Waals surface area contributed by atoms with Crippen LogP contribution in [0.4, 0.5) is 0 Å². The molecule has 0 aliphatic rings. The van der Waals surface area contributed by atoms with E-state index < -0.39 is 0 Å². The van der Waals surface area contributed by atoms with Gasteiger partial charge in [-0.3, -0.25) is 19.3 Å². The summed E-state index contributed by atoms with van der Waals surface area (Å²) >= 11 is 7.07. The molecular formula is C21H17ClN4O3S. The zero-order valence-electron chi connectivity index (χ0n) is 16.0. The van der Waals surface area contributed by atoms with Crippen molar-refractivity contribution in [2.24, 2.45) is 0 Å². The molecule has 7 nitrogen and oxygen atoms in total. The molecule has 0 fully saturated rings. The highest BCUT2D eigenvalue weighted by molar-refractivity contribution is 7.99. The van der Waals surface area contributed by atoms with Gasteiger partial charge in [-0.05, 0) is 43.3 Å². The molecule has 0 bridgehead atoms. The van der Waals surface area contributed by atoms with Crippen LogP contribution in [-0.2, 0) is 0 Å². The van der Waals surface area contributed by atoms with Crippen LogP contribution >= 0.6 is 23.4 Å². The van der Waals surface area contributed by atoms with Crippen molar-refractivity contribution in [1.29, 1.82) is 0 Å². The number of hydrogen-bond donors (Lipinski definition) is 1. The van der Waals surface area contributed by atoms with Crippen LogP contribution in [0.2, 0.25) is 5.02 Å². The number of nitrogens with zero attached hydrogens (tertiary/aromatic N) is 3. The Morgan fingerprint density at radius 1 is 1.20 bits per heavy atom. The van der Waals surface area contributed by atoms with Gasteiger partial charge in [0.2, 0.25) is 0 Å². The summed E-state index contributed by atoms with van der Waals surface area (Å²) in [6.07, 6.45) is 1.44. The highest BCUT2D eigenvalue weighted by Gasteiger charge is 2.18. The highest BCUT2D eigenvalue weighted by atomic mass is 35.5. The molecule has 30 heavy (non-hydrogen) atoms. The fourth-order valence-electron chi connectivity index (χ4n) is 2.95. The summed E-state index contributed by atoms with van der Waals surface area (Å²) in [4.78, 5) is 30.4. The number of rotatable bonds is 7. The lowest BCUT2D eigenvalue weighted by atomic mass is 10.1. The van der Waals surface area contributed by atoms with Crippen molar-refractivity contribution in [3.63, 3.8) is 0 Å². The number of carbonyl (C=O) groups excluding carboxylic acids is 1. The van der Waals surface area contributed by atoms with Crippen molar-refractivity contribution < 1.29 is 9.53 Å². The van der Waals surface area contributed by atoms with E-state index >= 15 is 0 Å². The maximum Gasteiger partial charge on any atom is 0.270 e. The molecule has 4 rings (SSSR count). The van der Waals surface area contributed by atoms with Crippen LogP contribution in [0, 0.1) is 0 Å². The summed E-state index contributed by atoms with van der Waals surface area (Å²) in [6, 6.07) is 13.9. The number of ether oxygens (including phenoxy) is 1. The first-order chi connectivity index (χ1) is 14.6. The van der Waals surface area contributed by atoms with Gasteiger partial charge >= 0.3 is 0 Å². The van der Waals surface area contributed by atoms with Crippen LogP contribution in [0.15, 0.2) is 64.7 Å². The zero-order valence-corrected chi connectivity index (χ0v) is 17.5. The van der Waals surface area contributed by atoms with Crippen LogP contribution in [0.25, 0.3) is 16.7 Å². The van der Waals surface area contributed by atoms with Gasteiger partial charge in [0, 0.05) is 10.6 Å². The van der Waals surface area contributed by atoms with Crippen molar-refractivity contribution in [1.82, 2.24) is 19.7 Å². The minimum Gasteiger partial charge on any atom is -0.492 e. The molecule has 2 heterocycles. The van der Waals surface area contributed by atoms with Crippen LogP contribution in [0.3, 0.4) is 0 Å². The SMILES string of the molecule is CCOc1ccccc1-n1c(SCC(=O)c2ccc(Cl)cc2)nc2[nH]ncc2c1=O. The molecule has 0 spiro atoms. The predicted molar refractivity (Wildman–Crippen MR) is 117 cm³/mol. The number of aromatic amines is 1. The number of carbonyl (C=O) groups is 1. The Kier molecular flexibility index (Phi) is 5.87. The Morgan fingerprint density at radius 3 is 2.73 bits per heavy atom. The molecule has 0 saturated heterocycles. The van der Waals surface area contributed by atoms with Gasteiger partial charge in [-0.15, -0.1) is 0 Å². The van der Waals surface area contributed by atoms with Crippen molar-refractivity contribution in [2.45, 2.75) is 12.1 Å². The summed E-state index contributed by atoms with van der Waals surface area (Å²) in [6.45, 7) is 2.32. The standard InChI is InChI=1S/C21H17ClN4O3S/c1-2-29-18-6-4-3-5-16(18)26-20(28)15-11-23-25-19(15)24-21(26)30-12-17(27)13-7-9-14(22)10-8-13/h3-11H,2,12H2,1H3,(H,23,25). The monoisotopic (exact) mass is 440 g/mol. The van der Waals surface area contributed by atoms with Crippen molar-refractivity contribution in [3.8, 4) is 11.4 Å². The lowest BCUT2D eigenvalue weighted by Gasteiger charge is -2.15. The number of fused-ring (bicyclic) bond motifs is 1. The van der Waals surface area contributed by atoms with E-state index in [1.165, 1.54) is 22.5 Å². The Balaban J connectivity index is 1.76. The van der Waals surface area contributed by atoms with Crippen molar-refractivity contribution in [3.05, 3.63) is 75.7 Å². The first-order valence-corrected chi connectivity index (χ1v) is 10.5. The molecule has 152 valence electrons. The normalized spacial score (nSPS) is 11.0. The quantitative estimate of drug-likeness (QED) is 0.264. The third-order valence-corrected chi connectivity index (χ3v) is 5.55. The van der Waals surface area contributed by atoms with Crippen LogP contribution < -0.4 is 10.3 Å². The van der Waals surface area contributed by atoms with Gasteiger partial charge in [0.05, 0.1) is 24.2 Å². The maximum atomic E-state index is 13.2. The van der Waals surface area contributed by atoms with Crippen molar-refractivity contribution >= 4 is 40.2 Å². The minimum absolute atomic E-state index is 0.0970. The van der Waals surface area contributed by atoms with E-state index in [0.717, 1.165) is 0 Å². The number of benzene rings is 2. The van der Waals surface area contributed by atoms with E-state index in [0.29, 0.717) is 44.8 Å². The van der Waals surface area contributed by atoms with E-state index in [-0.39, 0.29) is 17.1 Å². The number of H-pyrrole nitrogens is 1. The van der Waals surface area contributed by atoms with Gasteiger partial charge in [-0.2, -0.15) is 5.10 Å². The molecule has 2 aromatic carbocycles. The van der Waals surface area contributed by atoms with Gasteiger partial charge in [-0.1, -0.05) is 35.5 Å². The summed E-state index contributed by atoms with van der Waals surface area (Å²) < 4.78 is 7.16. The molecule has 0 aliphatic heterocycles. The van der Waals surface area contributed by atoms with E-state index in [4.69, 9.17) is 16.3 Å². The second kappa shape index (κ2) is 8.73. The molecule has 1 N–H and O–H groups in total. The highest BCUT2D eigenvalue weighted by Crippen LogP contribution is 2.27. The van der Waals surface area contributed by atoms with Crippen molar-refractivity contribution in [2.75, 3.05) is 12.4 Å². The predicted octanol–water partition coefficient (Wildman–Crippen LogP) is 4.14. The number of hydrogen-bond acceptors (Lipinski definition) is 6. The number of ketones is 1. The number of para-hydroxylation sites is 2. The maximum absolute atomic E-state index is 13.2. The zero-order chi connectivity index (χ0) is 21.1. The average molecular weight is 441 g/mol. The molecule has 4 aromatic rings. The summed E-state index contributed by atoms with van der Waals surface area (Å²) in [7, 11) is 0. The molecule has 0 aliphatic carbocycles. The third kappa shape index (κ3) is 3.96. The second-order valence-electron chi connectivity index (χ2n) is 6.29. The number of thioether (sulfide) groups is 1. The largest absolute Gasteiger partial charge is 0.492 e. The first kappa shape index (κ1) is 20.2. The lowest BCUT2D eigenvalue weighted by molar-refractivity contribution is 0.102. The summed E-state index contributed by atoms with van der Waals surface area (Å²) in [5.41, 5.74) is 1.17.